The molecule has 1 N–H and O–H groups in total. The summed E-state index contributed by atoms with van der Waals surface area (Å²) in [4.78, 5) is 31.4. The van der Waals surface area contributed by atoms with Crippen molar-refractivity contribution in [2.24, 2.45) is 5.92 Å². The third kappa shape index (κ3) is 7.85. The second-order valence-electron chi connectivity index (χ2n) is 11.7. The zero-order valence-electron chi connectivity index (χ0n) is 24.6. The lowest BCUT2D eigenvalue weighted by molar-refractivity contribution is -0.138. The van der Waals surface area contributed by atoms with Gasteiger partial charge in [0.25, 0.3) is 5.56 Å². The summed E-state index contributed by atoms with van der Waals surface area (Å²) in [5.74, 6) is -0.202. The van der Waals surface area contributed by atoms with Crippen LogP contribution in [-0.4, -0.2) is 60.0 Å². The largest absolute Gasteiger partial charge is 0.444 e. The van der Waals surface area contributed by atoms with E-state index in [1.807, 2.05) is 0 Å². The highest BCUT2D eigenvalue weighted by Gasteiger charge is 2.37. The van der Waals surface area contributed by atoms with Gasteiger partial charge in [-0.2, -0.15) is 13.2 Å². The summed E-state index contributed by atoms with van der Waals surface area (Å²) in [7, 11) is -3.69. The molecule has 1 atom stereocenters. The fraction of sp³-hybridized carbons (Fsp3) is 0.483. The average molecular weight is 678 g/mol. The maximum absolute atomic E-state index is 14.3. The number of nitrogens with one attached hydrogen (secondary N) is 1. The van der Waals surface area contributed by atoms with Crippen molar-refractivity contribution < 1.29 is 31.1 Å². The lowest BCUT2D eigenvalue weighted by Crippen LogP contribution is -2.36. The van der Waals surface area contributed by atoms with Crippen molar-refractivity contribution in [3.05, 3.63) is 67.7 Å². The molecule has 0 radical (unpaired) electrons. The summed E-state index contributed by atoms with van der Waals surface area (Å²) in [5.41, 5.74) is -2.63. The van der Waals surface area contributed by atoms with Gasteiger partial charge < -0.3 is 10.1 Å². The molecule has 3 aromatic rings. The zero-order chi connectivity index (χ0) is 32.6. The van der Waals surface area contributed by atoms with Crippen LogP contribution in [0.2, 0.25) is 10.0 Å². The first kappa shape index (κ1) is 34.0. The van der Waals surface area contributed by atoms with Crippen molar-refractivity contribution in [2.45, 2.75) is 63.9 Å². The molecule has 0 spiro atoms. The van der Waals surface area contributed by atoms with Crippen molar-refractivity contribution in [1.29, 1.82) is 0 Å². The van der Waals surface area contributed by atoms with Crippen LogP contribution in [0.5, 0.6) is 0 Å². The smallest absolute Gasteiger partial charge is 0.416 e. The van der Waals surface area contributed by atoms with E-state index >= 15 is 0 Å². The van der Waals surface area contributed by atoms with Gasteiger partial charge in [0.15, 0.2) is 9.84 Å². The molecule has 15 heteroatoms. The molecule has 0 bridgehead atoms. The van der Waals surface area contributed by atoms with Gasteiger partial charge in [-0.15, -0.1) is 0 Å². The highest BCUT2D eigenvalue weighted by molar-refractivity contribution is 7.91. The SMILES string of the molecule is CCS(=O)(=O)c1ccc(Cl)cc1Cn1cnc2c(Cl)c(CN3CC[C@H](CNC(=O)OC(C)(C)C)C3)c(C(F)(F)F)cc2c1=O. The Morgan fingerprint density at radius 3 is 2.50 bits per heavy atom. The number of fused-ring (bicyclic) bond motifs is 1. The summed E-state index contributed by atoms with van der Waals surface area (Å²) in [5, 5.41) is 2.30. The van der Waals surface area contributed by atoms with Crippen LogP contribution in [0.25, 0.3) is 10.9 Å². The number of alkyl halides is 3. The number of rotatable bonds is 8. The molecule has 44 heavy (non-hydrogen) atoms. The summed E-state index contributed by atoms with van der Waals surface area (Å²) < 4.78 is 74.6. The Balaban J connectivity index is 1.64. The number of carbonyl (C=O) groups excluding carboxylic acids is 1. The molecule has 4 rings (SSSR count). The van der Waals surface area contributed by atoms with Crippen LogP contribution in [0.15, 0.2) is 40.3 Å². The van der Waals surface area contributed by atoms with E-state index in [-0.39, 0.29) is 61.7 Å². The standard InChI is InChI=1S/C29H33Cl2F3N4O5S/c1-5-44(41,42)23-7-6-19(30)10-18(23)14-38-16-36-25-20(26(38)39)11-22(29(32,33)34)21(24(25)31)15-37-9-8-17(13-37)12-35-27(40)43-28(2,3)4/h6-7,10-11,16-17H,5,8-9,12-15H2,1-4H3,(H,35,40)/t17-/m1/s1. The minimum absolute atomic E-state index is 0.00526. The van der Waals surface area contributed by atoms with Gasteiger partial charge in [-0.3, -0.25) is 14.3 Å². The van der Waals surface area contributed by atoms with E-state index in [4.69, 9.17) is 27.9 Å². The van der Waals surface area contributed by atoms with Crippen LogP contribution < -0.4 is 10.9 Å². The Hall–Kier alpha value is -2.87. The first-order chi connectivity index (χ1) is 20.4. The molecule has 0 aliphatic carbocycles. The maximum Gasteiger partial charge on any atom is 0.416 e. The molecule has 2 heterocycles. The minimum atomic E-state index is -4.83. The third-order valence-corrected chi connectivity index (χ3v) is 9.70. The van der Waals surface area contributed by atoms with Gasteiger partial charge >= 0.3 is 12.3 Å². The summed E-state index contributed by atoms with van der Waals surface area (Å²) in [6, 6.07) is 4.88. The van der Waals surface area contributed by atoms with Crippen molar-refractivity contribution in [1.82, 2.24) is 19.8 Å². The molecule has 1 aromatic heterocycles. The van der Waals surface area contributed by atoms with Crippen LogP contribution in [0.1, 0.15) is 50.8 Å². The van der Waals surface area contributed by atoms with Crippen LogP contribution >= 0.6 is 23.2 Å². The lowest BCUT2D eigenvalue weighted by atomic mass is 10.0. The Morgan fingerprint density at radius 2 is 1.86 bits per heavy atom. The molecule has 1 saturated heterocycles. The number of amides is 1. The van der Waals surface area contributed by atoms with Gasteiger partial charge in [0.1, 0.15) is 5.60 Å². The van der Waals surface area contributed by atoms with E-state index in [0.29, 0.717) is 26.1 Å². The van der Waals surface area contributed by atoms with Crippen molar-refractivity contribution in [2.75, 3.05) is 25.4 Å². The molecule has 0 unspecified atom stereocenters. The number of sulfone groups is 1. The molecule has 1 aliphatic rings. The number of likely N-dealkylation sites (tertiary alicyclic amines) is 1. The van der Waals surface area contributed by atoms with Gasteiger partial charge in [0.05, 0.1) is 45.0 Å². The summed E-state index contributed by atoms with van der Waals surface area (Å²) in [6.45, 7) is 7.47. The molecular weight excluding hydrogens is 644 g/mol. The van der Waals surface area contributed by atoms with E-state index in [0.717, 1.165) is 17.0 Å². The number of ether oxygens (including phenoxy) is 1. The summed E-state index contributed by atoms with van der Waals surface area (Å²) in [6.07, 6.45) is -3.62. The number of hydrogen-bond donors (Lipinski definition) is 1. The van der Waals surface area contributed by atoms with E-state index in [1.165, 1.54) is 25.1 Å². The molecule has 9 nitrogen and oxygen atoms in total. The van der Waals surface area contributed by atoms with E-state index in [1.54, 1.807) is 25.7 Å². The number of aromatic nitrogens is 2. The monoisotopic (exact) mass is 676 g/mol. The second-order valence-corrected chi connectivity index (χ2v) is 14.8. The molecular formula is C29H33Cl2F3N4O5S. The van der Waals surface area contributed by atoms with Crippen molar-refractivity contribution in [3.8, 4) is 0 Å². The highest BCUT2D eigenvalue weighted by atomic mass is 35.5. The maximum atomic E-state index is 14.3. The van der Waals surface area contributed by atoms with Gasteiger partial charge in [0.2, 0.25) is 0 Å². The highest BCUT2D eigenvalue weighted by Crippen LogP contribution is 2.39. The first-order valence-electron chi connectivity index (χ1n) is 13.9. The van der Waals surface area contributed by atoms with E-state index < -0.39 is 38.8 Å². The molecule has 240 valence electrons. The molecule has 2 aromatic carbocycles. The van der Waals surface area contributed by atoms with Crippen molar-refractivity contribution >= 4 is 50.0 Å². The topological polar surface area (TPSA) is 111 Å². The Morgan fingerprint density at radius 1 is 1.16 bits per heavy atom. The van der Waals surface area contributed by atoms with Crippen LogP contribution in [-0.2, 0) is 33.8 Å². The summed E-state index contributed by atoms with van der Waals surface area (Å²) >= 11 is 12.6. The number of nitrogens with zero attached hydrogens (tertiary/aromatic N) is 3. The number of carbonyl (C=O) groups is 1. The lowest BCUT2D eigenvalue weighted by Gasteiger charge is -2.22. The number of benzene rings is 2. The Kier molecular flexibility index (Phi) is 9.94. The quantitative estimate of drug-likeness (QED) is 0.316. The Bertz CT molecular complexity index is 1740. The zero-order valence-corrected chi connectivity index (χ0v) is 26.9. The first-order valence-corrected chi connectivity index (χ1v) is 16.3. The van der Waals surface area contributed by atoms with E-state index in [9.17, 15) is 31.2 Å². The average Bonchev–Trinajstić information content (AvgIpc) is 3.36. The predicted molar refractivity (Wildman–Crippen MR) is 162 cm³/mol. The normalized spacial score (nSPS) is 16.4. The molecule has 1 fully saturated rings. The van der Waals surface area contributed by atoms with Crippen LogP contribution in [0.3, 0.4) is 0 Å². The van der Waals surface area contributed by atoms with Gasteiger partial charge in [-0.1, -0.05) is 30.1 Å². The molecule has 1 aliphatic heterocycles. The fourth-order valence-corrected chi connectivity index (χ4v) is 6.74. The molecule has 0 saturated carbocycles. The fourth-order valence-electron chi connectivity index (χ4n) is 5.13. The number of alkyl carbamates (subject to hydrolysis) is 1. The van der Waals surface area contributed by atoms with Gasteiger partial charge in [0, 0.05) is 24.7 Å². The Labute approximate surface area is 263 Å². The van der Waals surface area contributed by atoms with Gasteiger partial charge in [-0.25, -0.2) is 18.2 Å². The predicted octanol–water partition coefficient (Wildman–Crippen LogP) is 5.91. The van der Waals surface area contributed by atoms with Crippen LogP contribution in [0.4, 0.5) is 18.0 Å². The van der Waals surface area contributed by atoms with Gasteiger partial charge in [-0.05, 0) is 75.0 Å². The van der Waals surface area contributed by atoms with Crippen molar-refractivity contribution in [3.63, 3.8) is 0 Å². The third-order valence-electron chi connectivity index (χ3n) is 7.23. The van der Waals surface area contributed by atoms with E-state index in [2.05, 4.69) is 10.3 Å². The number of halogens is 5. The van der Waals surface area contributed by atoms with Crippen LogP contribution in [0, 0.1) is 5.92 Å². The number of hydrogen-bond acceptors (Lipinski definition) is 7. The molecule has 1 amide bonds. The second kappa shape index (κ2) is 12.9. The minimum Gasteiger partial charge on any atom is -0.444 e.